The topological polar surface area (TPSA) is 85.6 Å². The normalized spacial score (nSPS) is 11.0. The van der Waals surface area contributed by atoms with Crippen LogP contribution < -0.4 is 5.32 Å². The Morgan fingerprint density at radius 1 is 0.970 bits per heavy atom. The van der Waals surface area contributed by atoms with Crippen molar-refractivity contribution in [1.82, 2.24) is 25.2 Å². The van der Waals surface area contributed by atoms with E-state index < -0.39 is 11.7 Å². The van der Waals surface area contributed by atoms with Crippen molar-refractivity contribution >= 4 is 22.5 Å². The number of aryl methyl sites for hydroxylation is 1. The van der Waals surface area contributed by atoms with Crippen molar-refractivity contribution in [2.75, 3.05) is 5.32 Å². The monoisotopic (exact) mass is 442 g/mol. The number of hydrogen-bond donors (Lipinski definition) is 1. The van der Waals surface area contributed by atoms with Crippen LogP contribution in [0.25, 0.3) is 27.8 Å². The highest BCUT2D eigenvalue weighted by molar-refractivity contribution is 6.13. The summed E-state index contributed by atoms with van der Waals surface area (Å²) in [6, 6.07) is 18.8. The maximum absolute atomic E-state index is 14.6. The third-order valence-electron chi connectivity index (χ3n) is 5.17. The van der Waals surface area contributed by atoms with Crippen LogP contribution in [0.4, 0.5) is 14.5 Å². The highest BCUT2D eigenvalue weighted by Crippen LogP contribution is 2.27. The van der Waals surface area contributed by atoms with E-state index in [0.29, 0.717) is 39.2 Å². The summed E-state index contributed by atoms with van der Waals surface area (Å²) in [5.74, 6) is -0.968. The van der Waals surface area contributed by atoms with Crippen molar-refractivity contribution in [3.8, 4) is 16.9 Å². The number of carbonyl (C=O) groups excluding carboxylic acids is 1. The maximum Gasteiger partial charge on any atom is 0.256 e. The summed E-state index contributed by atoms with van der Waals surface area (Å²) < 4.78 is 29.4. The number of benzene rings is 3. The average Bonchev–Trinajstić information content (AvgIpc) is 3.26. The van der Waals surface area contributed by atoms with Crippen molar-refractivity contribution in [3.63, 3.8) is 0 Å². The van der Waals surface area contributed by atoms with Crippen LogP contribution in [0, 0.1) is 18.6 Å². The van der Waals surface area contributed by atoms with Gasteiger partial charge in [0.1, 0.15) is 11.6 Å². The van der Waals surface area contributed by atoms with Crippen LogP contribution in [-0.2, 0) is 0 Å². The number of nitrogens with zero attached hydrogens (tertiary/aromatic N) is 5. The number of anilines is 1. The highest BCUT2D eigenvalue weighted by Gasteiger charge is 2.17. The smallest absolute Gasteiger partial charge is 0.256 e. The van der Waals surface area contributed by atoms with Crippen molar-refractivity contribution in [3.05, 3.63) is 95.8 Å². The molecule has 0 bridgehead atoms. The highest BCUT2D eigenvalue weighted by atomic mass is 19.1. The molecule has 5 aromatic rings. The Kier molecular flexibility index (Phi) is 5.06. The molecule has 0 saturated heterocycles. The second-order valence-electron chi connectivity index (χ2n) is 7.34. The molecule has 2 aromatic heterocycles. The summed E-state index contributed by atoms with van der Waals surface area (Å²) in [5.41, 5.74) is 2.53. The van der Waals surface area contributed by atoms with E-state index in [1.165, 1.54) is 35.0 Å². The zero-order valence-electron chi connectivity index (χ0n) is 17.3. The lowest BCUT2D eigenvalue weighted by Crippen LogP contribution is -2.15. The van der Waals surface area contributed by atoms with Gasteiger partial charge in [-0.3, -0.25) is 4.79 Å². The molecule has 5 rings (SSSR count). The number of amides is 1. The van der Waals surface area contributed by atoms with Gasteiger partial charge in [-0.25, -0.2) is 13.8 Å². The SMILES string of the molecule is Cc1nnnn1-c1ccc(F)c(NC(=O)c2cc(-c3ccc(F)cc3)nc3ccccc23)c1. The Morgan fingerprint density at radius 3 is 2.52 bits per heavy atom. The summed E-state index contributed by atoms with van der Waals surface area (Å²) in [7, 11) is 0. The zero-order chi connectivity index (χ0) is 22.9. The fourth-order valence-corrected chi connectivity index (χ4v) is 3.53. The molecule has 3 aromatic carbocycles. The van der Waals surface area contributed by atoms with Crippen LogP contribution in [-0.4, -0.2) is 31.1 Å². The molecule has 7 nitrogen and oxygen atoms in total. The first-order valence-electron chi connectivity index (χ1n) is 10.0. The number of tetrazole rings is 1. The maximum atomic E-state index is 14.6. The van der Waals surface area contributed by atoms with Crippen LogP contribution in [0.3, 0.4) is 0 Å². The molecule has 33 heavy (non-hydrogen) atoms. The lowest BCUT2D eigenvalue weighted by atomic mass is 10.0. The molecule has 0 atom stereocenters. The predicted molar refractivity (Wildman–Crippen MR) is 119 cm³/mol. The van der Waals surface area contributed by atoms with E-state index in [0.717, 1.165) is 0 Å². The quantitative estimate of drug-likeness (QED) is 0.435. The fraction of sp³-hybridized carbons (Fsp3) is 0.0417. The minimum Gasteiger partial charge on any atom is -0.319 e. The van der Waals surface area contributed by atoms with Crippen LogP contribution in [0.5, 0.6) is 0 Å². The molecule has 0 spiro atoms. The van der Waals surface area contributed by atoms with Crippen molar-refractivity contribution in [2.24, 2.45) is 0 Å². The second-order valence-corrected chi connectivity index (χ2v) is 7.34. The average molecular weight is 442 g/mol. The van der Waals surface area contributed by atoms with Gasteiger partial charge >= 0.3 is 0 Å². The molecule has 0 saturated carbocycles. The van der Waals surface area contributed by atoms with Gasteiger partial charge in [-0.15, -0.1) is 5.10 Å². The molecule has 9 heteroatoms. The van der Waals surface area contributed by atoms with E-state index in [-0.39, 0.29) is 11.5 Å². The van der Waals surface area contributed by atoms with Crippen LogP contribution in [0.1, 0.15) is 16.2 Å². The van der Waals surface area contributed by atoms with Crippen LogP contribution >= 0.6 is 0 Å². The number of aromatic nitrogens is 5. The van der Waals surface area contributed by atoms with Gasteiger partial charge in [-0.05, 0) is 71.9 Å². The summed E-state index contributed by atoms with van der Waals surface area (Å²) in [4.78, 5) is 17.9. The largest absolute Gasteiger partial charge is 0.319 e. The first-order chi connectivity index (χ1) is 16.0. The molecule has 0 aliphatic heterocycles. The fourth-order valence-electron chi connectivity index (χ4n) is 3.53. The van der Waals surface area contributed by atoms with E-state index >= 15 is 0 Å². The molecule has 0 aliphatic rings. The number of nitrogens with one attached hydrogen (secondary N) is 1. The van der Waals surface area contributed by atoms with E-state index in [9.17, 15) is 13.6 Å². The second kappa shape index (κ2) is 8.19. The molecular formula is C24H16F2N6O. The van der Waals surface area contributed by atoms with Crippen LogP contribution in [0.2, 0.25) is 0 Å². The number of pyridine rings is 1. The van der Waals surface area contributed by atoms with Gasteiger partial charge in [0, 0.05) is 10.9 Å². The van der Waals surface area contributed by atoms with Gasteiger partial charge in [0.05, 0.1) is 28.1 Å². The first-order valence-corrected chi connectivity index (χ1v) is 10.0. The first kappa shape index (κ1) is 20.4. The van der Waals surface area contributed by atoms with Gasteiger partial charge in [-0.1, -0.05) is 18.2 Å². The van der Waals surface area contributed by atoms with E-state index in [1.54, 1.807) is 43.3 Å². The van der Waals surface area contributed by atoms with E-state index in [4.69, 9.17) is 0 Å². The van der Waals surface area contributed by atoms with Gasteiger partial charge in [0.2, 0.25) is 0 Å². The molecule has 162 valence electrons. The Hall–Kier alpha value is -4.53. The standard InChI is InChI=1S/C24H16F2N6O/c1-14-29-30-31-32(14)17-10-11-20(26)23(12-17)28-24(33)19-13-22(15-6-8-16(25)9-7-15)27-21-5-3-2-4-18(19)21/h2-13H,1H3,(H,28,33). The van der Waals surface area contributed by atoms with E-state index in [1.807, 2.05) is 6.07 Å². The van der Waals surface area contributed by atoms with E-state index in [2.05, 4.69) is 25.8 Å². The summed E-state index contributed by atoms with van der Waals surface area (Å²) >= 11 is 0. The molecule has 0 unspecified atom stereocenters. The Bertz CT molecular complexity index is 1500. The number of carbonyl (C=O) groups is 1. The van der Waals surface area contributed by atoms with Gasteiger partial charge < -0.3 is 5.32 Å². The van der Waals surface area contributed by atoms with Crippen molar-refractivity contribution in [2.45, 2.75) is 6.92 Å². The zero-order valence-corrected chi connectivity index (χ0v) is 17.3. The molecule has 0 radical (unpaired) electrons. The Labute approximate surface area is 186 Å². The van der Waals surface area contributed by atoms with Gasteiger partial charge in [0.25, 0.3) is 5.91 Å². The lowest BCUT2D eigenvalue weighted by Gasteiger charge is -2.12. The van der Waals surface area contributed by atoms with Crippen molar-refractivity contribution in [1.29, 1.82) is 0 Å². The molecule has 2 heterocycles. The summed E-state index contributed by atoms with van der Waals surface area (Å²) in [6.07, 6.45) is 0. The number of rotatable bonds is 4. The number of para-hydroxylation sites is 1. The molecule has 0 fully saturated rings. The molecule has 1 N–H and O–H groups in total. The Morgan fingerprint density at radius 2 is 1.76 bits per heavy atom. The van der Waals surface area contributed by atoms with Gasteiger partial charge in [0.15, 0.2) is 5.82 Å². The number of fused-ring (bicyclic) bond motifs is 1. The van der Waals surface area contributed by atoms with Crippen LogP contribution in [0.15, 0.2) is 72.8 Å². The van der Waals surface area contributed by atoms with Gasteiger partial charge in [-0.2, -0.15) is 4.68 Å². The summed E-state index contributed by atoms with van der Waals surface area (Å²) in [5, 5.41) is 14.5. The predicted octanol–water partition coefficient (Wildman–Crippen LogP) is 4.72. The number of halogens is 2. The Balaban J connectivity index is 1.56. The third kappa shape index (κ3) is 3.91. The third-order valence-corrected chi connectivity index (χ3v) is 5.17. The lowest BCUT2D eigenvalue weighted by molar-refractivity contribution is 0.102. The molecule has 0 aliphatic carbocycles. The van der Waals surface area contributed by atoms with Crippen molar-refractivity contribution < 1.29 is 13.6 Å². The molecule has 1 amide bonds. The minimum atomic E-state index is -0.602. The summed E-state index contributed by atoms with van der Waals surface area (Å²) in [6.45, 7) is 1.71. The minimum absolute atomic E-state index is 0.0170. The molecular weight excluding hydrogens is 426 g/mol. The number of hydrogen-bond acceptors (Lipinski definition) is 5.